The van der Waals surface area contributed by atoms with Crippen LogP contribution in [0.2, 0.25) is 0 Å². The van der Waals surface area contributed by atoms with Crippen molar-refractivity contribution < 1.29 is 9.15 Å². The van der Waals surface area contributed by atoms with Gasteiger partial charge in [-0.3, -0.25) is 5.84 Å². The second-order valence-corrected chi connectivity index (χ2v) is 5.84. The van der Waals surface area contributed by atoms with Gasteiger partial charge in [-0.05, 0) is 31.9 Å². The number of fused-ring (bicyclic) bond motifs is 1. The number of nitrogens with two attached hydrogens (primary N) is 1. The van der Waals surface area contributed by atoms with Crippen LogP contribution in [0.4, 0.5) is 0 Å². The molecule has 1 fully saturated rings. The van der Waals surface area contributed by atoms with Gasteiger partial charge in [0.15, 0.2) is 0 Å². The predicted molar refractivity (Wildman–Crippen MR) is 83.7 cm³/mol. The molecule has 1 aliphatic rings. The van der Waals surface area contributed by atoms with E-state index in [0.29, 0.717) is 6.61 Å². The van der Waals surface area contributed by atoms with Crippen LogP contribution in [-0.2, 0) is 4.74 Å². The van der Waals surface area contributed by atoms with Crippen LogP contribution in [0.15, 0.2) is 34.7 Å². The lowest BCUT2D eigenvalue weighted by Crippen LogP contribution is -2.49. The van der Waals surface area contributed by atoms with E-state index in [1.54, 1.807) is 0 Å². The topological polar surface area (TPSA) is 60.4 Å². The molecule has 1 aromatic heterocycles. The van der Waals surface area contributed by atoms with Crippen LogP contribution >= 0.6 is 0 Å². The molecule has 1 heterocycles. The summed E-state index contributed by atoms with van der Waals surface area (Å²) in [5.41, 5.74) is 3.60. The molecule has 21 heavy (non-hydrogen) atoms. The van der Waals surface area contributed by atoms with Gasteiger partial charge in [0, 0.05) is 12.0 Å². The van der Waals surface area contributed by atoms with Gasteiger partial charge < -0.3 is 9.15 Å². The SMILES string of the molecule is CCOC1(C(NN)c2cc3ccccc3o2)CCCCC1. The first-order valence-corrected chi connectivity index (χ1v) is 7.87. The van der Waals surface area contributed by atoms with Crippen molar-refractivity contribution in [3.05, 3.63) is 36.1 Å². The lowest BCUT2D eigenvalue weighted by Gasteiger charge is -2.42. The minimum atomic E-state index is -0.254. The third kappa shape index (κ3) is 2.71. The molecule has 0 aliphatic heterocycles. The van der Waals surface area contributed by atoms with E-state index in [4.69, 9.17) is 15.0 Å². The van der Waals surface area contributed by atoms with Crippen LogP contribution in [-0.4, -0.2) is 12.2 Å². The monoisotopic (exact) mass is 288 g/mol. The third-order valence-electron chi connectivity index (χ3n) is 4.55. The highest BCUT2D eigenvalue weighted by Gasteiger charge is 2.42. The second kappa shape index (κ2) is 6.18. The van der Waals surface area contributed by atoms with Gasteiger partial charge in [-0.2, -0.15) is 0 Å². The van der Waals surface area contributed by atoms with Gasteiger partial charge in [0.1, 0.15) is 17.4 Å². The van der Waals surface area contributed by atoms with Crippen molar-refractivity contribution in [3.8, 4) is 0 Å². The number of hydrogen-bond acceptors (Lipinski definition) is 4. The Balaban J connectivity index is 1.98. The number of hydrogen-bond donors (Lipinski definition) is 2. The largest absolute Gasteiger partial charge is 0.459 e. The van der Waals surface area contributed by atoms with Gasteiger partial charge in [0.25, 0.3) is 0 Å². The summed E-state index contributed by atoms with van der Waals surface area (Å²) < 4.78 is 12.2. The summed E-state index contributed by atoms with van der Waals surface area (Å²) in [6, 6.07) is 10.0. The van der Waals surface area contributed by atoms with E-state index in [2.05, 4.69) is 17.6 Å². The molecule has 0 radical (unpaired) electrons. The molecular weight excluding hydrogens is 264 g/mol. The van der Waals surface area contributed by atoms with Crippen LogP contribution in [0, 0.1) is 0 Å². The van der Waals surface area contributed by atoms with Crippen molar-refractivity contribution in [3.63, 3.8) is 0 Å². The number of hydrazine groups is 1. The van der Waals surface area contributed by atoms with Crippen LogP contribution in [0.25, 0.3) is 11.0 Å². The minimum absolute atomic E-state index is 0.106. The normalized spacial score (nSPS) is 19.7. The van der Waals surface area contributed by atoms with Crippen molar-refractivity contribution in [1.29, 1.82) is 0 Å². The first-order valence-electron chi connectivity index (χ1n) is 7.87. The molecule has 1 saturated carbocycles. The summed E-state index contributed by atoms with van der Waals surface area (Å²) in [5, 5.41) is 1.11. The van der Waals surface area contributed by atoms with Crippen molar-refractivity contribution in [2.75, 3.05) is 6.61 Å². The summed E-state index contributed by atoms with van der Waals surface area (Å²) in [6.45, 7) is 2.74. The maximum Gasteiger partial charge on any atom is 0.134 e. The fraction of sp³-hybridized carbons (Fsp3) is 0.529. The summed E-state index contributed by atoms with van der Waals surface area (Å²) in [5.74, 6) is 6.75. The quantitative estimate of drug-likeness (QED) is 0.651. The molecule has 1 atom stereocenters. The average Bonchev–Trinajstić information content (AvgIpc) is 2.92. The van der Waals surface area contributed by atoms with Crippen LogP contribution in [0.3, 0.4) is 0 Å². The molecule has 1 unspecified atom stereocenters. The number of para-hydroxylation sites is 1. The standard InChI is InChI=1S/C17H24N2O2/c1-2-20-17(10-6-3-7-11-17)16(19-18)15-12-13-8-4-5-9-14(13)21-15/h4-5,8-9,12,16,19H,2-3,6-7,10-11,18H2,1H3. The van der Waals surface area contributed by atoms with Crippen molar-refractivity contribution in [1.82, 2.24) is 5.43 Å². The zero-order valence-corrected chi connectivity index (χ0v) is 12.6. The first kappa shape index (κ1) is 14.6. The van der Waals surface area contributed by atoms with E-state index in [1.807, 2.05) is 25.1 Å². The molecular formula is C17H24N2O2. The maximum absolute atomic E-state index is 6.17. The van der Waals surface area contributed by atoms with Gasteiger partial charge in [-0.25, -0.2) is 5.43 Å². The molecule has 114 valence electrons. The average molecular weight is 288 g/mol. The van der Waals surface area contributed by atoms with Gasteiger partial charge in [-0.15, -0.1) is 0 Å². The molecule has 2 aromatic rings. The molecule has 4 nitrogen and oxygen atoms in total. The molecule has 3 rings (SSSR count). The Morgan fingerprint density at radius 2 is 2.05 bits per heavy atom. The van der Waals surface area contributed by atoms with Gasteiger partial charge in [0.2, 0.25) is 0 Å². The molecule has 1 aromatic carbocycles. The number of furan rings is 1. The third-order valence-corrected chi connectivity index (χ3v) is 4.55. The maximum atomic E-state index is 6.17. The predicted octanol–water partition coefficient (Wildman–Crippen LogP) is 3.68. The van der Waals surface area contributed by atoms with E-state index in [0.717, 1.165) is 29.6 Å². The Kier molecular flexibility index (Phi) is 4.29. The summed E-state index contributed by atoms with van der Waals surface area (Å²) >= 11 is 0. The van der Waals surface area contributed by atoms with Crippen LogP contribution in [0.1, 0.15) is 50.8 Å². The lowest BCUT2D eigenvalue weighted by atomic mass is 9.78. The summed E-state index contributed by atoms with van der Waals surface area (Å²) in [6.07, 6.45) is 5.67. The Morgan fingerprint density at radius 1 is 1.29 bits per heavy atom. The zero-order valence-electron chi connectivity index (χ0n) is 12.6. The van der Waals surface area contributed by atoms with E-state index < -0.39 is 0 Å². The number of rotatable bonds is 5. The summed E-state index contributed by atoms with van der Waals surface area (Å²) in [4.78, 5) is 0. The molecule has 3 N–H and O–H groups in total. The molecule has 1 aliphatic carbocycles. The lowest BCUT2D eigenvalue weighted by molar-refractivity contribution is -0.0950. The van der Waals surface area contributed by atoms with Gasteiger partial charge >= 0.3 is 0 Å². The molecule has 0 bridgehead atoms. The van der Waals surface area contributed by atoms with Crippen molar-refractivity contribution in [2.24, 2.45) is 5.84 Å². The Labute approximate surface area is 125 Å². The fourth-order valence-corrected chi connectivity index (χ4v) is 3.59. The smallest absolute Gasteiger partial charge is 0.134 e. The van der Waals surface area contributed by atoms with E-state index in [1.165, 1.54) is 19.3 Å². The van der Waals surface area contributed by atoms with E-state index >= 15 is 0 Å². The zero-order chi connectivity index (χ0) is 14.7. The highest BCUT2D eigenvalue weighted by Crippen LogP contribution is 2.42. The number of ether oxygens (including phenoxy) is 1. The van der Waals surface area contributed by atoms with Crippen molar-refractivity contribution in [2.45, 2.75) is 50.7 Å². The fourth-order valence-electron chi connectivity index (χ4n) is 3.59. The Hall–Kier alpha value is -1.36. The Bertz CT molecular complexity index is 549. The van der Waals surface area contributed by atoms with E-state index in [9.17, 15) is 0 Å². The highest BCUT2D eigenvalue weighted by molar-refractivity contribution is 5.77. The second-order valence-electron chi connectivity index (χ2n) is 5.84. The minimum Gasteiger partial charge on any atom is -0.459 e. The number of nitrogens with one attached hydrogen (secondary N) is 1. The number of benzene rings is 1. The first-order chi connectivity index (χ1) is 10.3. The van der Waals surface area contributed by atoms with Gasteiger partial charge in [-0.1, -0.05) is 37.5 Å². The molecule has 0 saturated heterocycles. The molecule has 4 heteroatoms. The van der Waals surface area contributed by atoms with E-state index in [-0.39, 0.29) is 11.6 Å². The molecule has 0 amide bonds. The molecule has 0 spiro atoms. The highest BCUT2D eigenvalue weighted by atomic mass is 16.5. The van der Waals surface area contributed by atoms with Crippen LogP contribution in [0.5, 0.6) is 0 Å². The van der Waals surface area contributed by atoms with Crippen LogP contribution < -0.4 is 11.3 Å². The van der Waals surface area contributed by atoms with Crippen molar-refractivity contribution >= 4 is 11.0 Å². The van der Waals surface area contributed by atoms with Gasteiger partial charge in [0.05, 0.1) is 5.60 Å². The summed E-state index contributed by atoms with van der Waals surface area (Å²) in [7, 11) is 0. The Morgan fingerprint density at radius 3 is 2.71 bits per heavy atom.